The Kier molecular flexibility index (Phi) is 10.1. The zero-order chi connectivity index (χ0) is 27.5. The maximum absolute atomic E-state index is 12.9. The lowest BCUT2D eigenvalue weighted by Gasteiger charge is -2.11. The van der Waals surface area contributed by atoms with Crippen molar-refractivity contribution in [3.63, 3.8) is 0 Å². The lowest BCUT2D eigenvalue weighted by atomic mass is 10.0. The van der Waals surface area contributed by atoms with Gasteiger partial charge in [0.15, 0.2) is 5.69 Å². The first-order valence-electron chi connectivity index (χ1n) is 12.4. The molecule has 2 aromatic carbocycles. The first-order valence-corrected chi connectivity index (χ1v) is 13.9. The molecular formula is C28H31N3O6S. The summed E-state index contributed by atoms with van der Waals surface area (Å²) in [6.45, 7) is 2.43. The molecule has 0 atom stereocenters. The van der Waals surface area contributed by atoms with Crippen LogP contribution in [0.3, 0.4) is 0 Å². The smallest absolute Gasteiger partial charge is 0.354 e. The summed E-state index contributed by atoms with van der Waals surface area (Å²) >= 11 is 0. The van der Waals surface area contributed by atoms with E-state index in [1.807, 2.05) is 42.0 Å². The molecule has 0 bridgehead atoms. The van der Waals surface area contributed by atoms with Gasteiger partial charge < -0.3 is 10.4 Å². The fraction of sp³-hybridized carbons (Fsp3) is 0.286. The second-order valence-corrected chi connectivity index (χ2v) is 10.5. The molecule has 0 aliphatic carbocycles. The highest BCUT2D eigenvalue weighted by atomic mass is 32.2. The van der Waals surface area contributed by atoms with E-state index in [0.717, 1.165) is 37.4 Å². The van der Waals surface area contributed by atoms with Crippen LogP contribution in [-0.2, 0) is 22.9 Å². The second-order valence-electron chi connectivity index (χ2n) is 8.80. The van der Waals surface area contributed by atoms with Gasteiger partial charge in [0.05, 0.1) is 10.5 Å². The van der Waals surface area contributed by atoms with Crippen molar-refractivity contribution in [3.05, 3.63) is 94.8 Å². The van der Waals surface area contributed by atoms with Gasteiger partial charge >= 0.3 is 5.97 Å². The summed E-state index contributed by atoms with van der Waals surface area (Å²) in [7, 11) is -4.31. The first-order chi connectivity index (χ1) is 18.2. The number of hydrogen-bond donors (Lipinski definition) is 3. The van der Waals surface area contributed by atoms with Crippen molar-refractivity contribution < 1.29 is 27.9 Å². The van der Waals surface area contributed by atoms with Crippen molar-refractivity contribution in [2.45, 2.75) is 50.3 Å². The highest BCUT2D eigenvalue weighted by Gasteiger charge is 2.22. The van der Waals surface area contributed by atoms with Crippen LogP contribution < -0.4 is 10.0 Å². The summed E-state index contributed by atoms with van der Waals surface area (Å²) in [6.07, 6.45) is 5.47. The monoisotopic (exact) mass is 537 g/mol. The van der Waals surface area contributed by atoms with Crippen LogP contribution in [0.15, 0.2) is 71.8 Å². The molecular weight excluding hydrogens is 506 g/mol. The number of aromatic nitrogens is 1. The van der Waals surface area contributed by atoms with Gasteiger partial charge in [-0.05, 0) is 61.1 Å². The van der Waals surface area contributed by atoms with Crippen molar-refractivity contribution >= 4 is 27.8 Å². The SMILES string of the molecule is CCCCCc1cc(C(=O)NS(=O)(=O)c2cccc(C(=O)NCCCc3ccccc3)c2)cnc1C(=O)O. The minimum atomic E-state index is -4.31. The predicted octanol–water partition coefficient (Wildman–Crippen LogP) is 3.99. The van der Waals surface area contributed by atoms with Gasteiger partial charge in [0, 0.05) is 18.3 Å². The van der Waals surface area contributed by atoms with Gasteiger partial charge in [0.2, 0.25) is 0 Å². The average molecular weight is 538 g/mol. The fourth-order valence-corrected chi connectivity index (χ4v) is 4.89. The number of carboxylic acid groups (broad SMARTS) is 1. The normalized spacial score (nSPS) is 11.1. The van der Waals surface area contributed by atoms with Gasteiger partial charge in [-0.3, -0.25) is 9.59 Å². The molecule has 0 spiro atoms. The molecule has 0 unspecified atom stereocenters. The van der Waals surface area contributed by atoms with E-state index in [9.17, 15) is 27.9 Å². The Hall–Kier alpha value is -4.05. The zero-order valence-corrected chi connectivity index (χ0v) is 22.0. The van der Waals surface area contributed by atoms with E-state index in [0.29, 0.717) is 24.9 Å². The molecule has 0 saturated carbocycles. The van der Waals surface area contributed by atoms with Crippen LogP contribution in [-0.4, -0.2) is 42.8 Å². The number of carbonyl (C=O) groups is 3. The van der Waals surface area contributed by atoms with Crippen molar-refractivity contribution in [2.75, 3.05) is 6.54 Å². The zero-order valence-electron chi connectivity index (χ0n) is 21.1. The average Bonchev–Trinajstić information content (AvgIpc) is 2.91. The van der Waals surface area contributed by atoms with Crippen LogP contribution in [0.25, 0.3) is 0 Å². The molecule has 0 aliphatic heterocycles. The maximum atomic E-state index is 12.9. The number of sulfonamides is 1. The molecule has 0 fully saturated rings. The summed E-state index contributed by atoms with van der Waals surface area (Å²) in [5.41, 5.74) is 1.43. The van der Waals surface area contributed by atoms with E-state index < -0.39 is 27.8 Å². The van der Waals surface area contributed by atoms with Crippen LogP contribution in [0.1, 0.15) is 74.9 Å². The summed E-state index contributed by atoms with van der Waals surface area (Å²) in [5, 5.41) is 12.2. The number of hydrogen-bond acceptors (Lipinski definition) is 6. The largest absolute Gasteiger partial charge is 0.477 e. The van der Waals surface area contributed by atoms with E-state index in [2.05, 4.69) is 10.3 Å². The summed E-state index contributed by atoms with van der Waals surface area (Å²) < 4.78 is 27.8. The van der Waals surface area contributed by atoms with E-state index in [4.69, 9.17) is 0 Å². The van der Waals surface area contributed by atoms with Gasteiger partial charge in [-0.1, -0.05) is 56.2 Å². The number of nitrogens with one attached hydrogen (secondary N) is 2. The van der Waals surface area contributed by atoms with E-state index in [1.54, 1.807) is 0 Å². The molecule has 0 radical (unpaired) electrons. The third kappa shape index (κ3) is 7.97. The lowest BCUT2D eigenvalue weighted by Crippen LogP contribution is -2.31. The highest BCUT2D eigenvalue weighted by Crippen LogP contribution is 2.16. The van der Waals surface area contributed by atoms with Crippen LogP contribution in [0.2, 0.25) is 0 Å². The third-order valence-electron chi connectivity index (χ3n) is 5.89. The van der Waals surface area contributed by atoms with Gasteiger partial charge in [-0.15, -0.1) is 0 Å². The lowest BCUT2D eigenvalue weighted by molar-refractivity contribution is 0.0688. The van der Waals surface area contributed by atoms with Crippen LogP contribution in [0.4, 0.5) is 0 Å². The van der Waals surface area contributed by atoms with E-state index >= 15 is 0 Å². The summed E-state index contributed by atoms with van der Waals surface area (Å²) in [5.74, 6) is -2.58. The number of carbonyl (C=O) groups excluding carboxylic acids is 2. The number of aryl methyl sites for hydroxylation is 2. The standard InChI is InChI=1S/C28H31N3O6S/c1-2-3-5-13-21-17-23(19-30-25(21)28(34)35)27(33)31-38(36,37)24-15-8-14-22(18-24)26(32)29-16-9-12-20-10-6-4-7-11-20/h4,6-8,10-11,14-15,17-19H,2-3,5,9,12-13,16H2,1H3,(H,29,32)(H,31,33)(H,34,35). The van der Waals surface area contributed by atoms with Gasteiger partial charge in [0.1, 0.15) is 0 Å². The minimum absolute atomic E-state index is 0.0719. The Morgan fingerprint density at radius 3 is 2.34 bits per heavy atom. The highest BCUT2D eigenvalue weighted by molar-refractivity contribution is 7.90. The van der Waals surface area contributed by atoms with Crippen molar-refractivity contribution in [2.24, 2.45) is 0 Å². The number of amides is 2. The van der Waals surface area contributed by atoms with Gasteiger partial charge in [-0.25, -0.2) is 22.9 Å². The van der Waals surface area contributed by atoms with Gasteiger partial charge in [-0.2, -0.15) is 0 Å². The molecule has 2 amide bonds. The predicted molar refractivity (Wildman–Crippen MR) is 143 cm³/mol. The third-order valence-corrected chi connectivity index (χ3v) is 7.21. The Balaban J connectivity index is 1.66. The minimum Gasteiger partial charge on any atom is -0.477 e. The Morgan fingerprint density at radius 1 is 0.868 bits per heavy atom. The Morgan fingerprint density at radius 2 is 1.63 bits per heavy atom. The van der Waals surface area contributed by atoms with Crippen LogP contribution in [0.5, 0.6) is 0 Å². The Labute approximate surface area is 222 Å². The van der Waals surface area contributed by atoms with E-state index in [1.165, 1.54) is 30.3 Å². The number of rotatable bonds is 13. The number of aromatic carboxylic acids is 1. The molecule has 38 heavy (non-hydrogen) atoms. The molecule has 3 rings (SSSR count). The van der Waals surface area contributed by atoms with Crippen molar-refractivity contribution in [1.82, 2.24) is 15.0 Å². The van der Waals surface area contributed by atoms with Gasteiger partial charge in [0.25, 0.3) is 21.8 Å². The fourth-order valence-electron chi connectivity index (χ4n) is 3.87. The van der Waals surface area contributed by atoms with E-state index in [-0.39, 0.29) is 21.7 Å². The molecule has 9 nitrogen and oxygen atoms in total. The molecule has 200 valence electrons. The van der Waals surface area contributed by atoms with Crippen LogP contribution >= 0.6 is 0 Å². The topological polar surface area (TPSA) is 143 Å². The number of benzene rings is 2. The molecule has 3 N–H and O–H groups in total. The molecule has 3 aromatic rings. The van der Waals surface area contributed by atoms with Crippen molar-refractivity contribution in [1.29, 1.82) is 0 Å². The second kappa shape index (κ2) is 13.5. The number of pyridine rings is 1. The quantitative estimate of drug-likeness (QED) is 0.280. The molecule has 0 saturated heterocycles. The molecule has 0 aliphatic rings. The molecule has 10 heteroatoms. The maximum Gasteiger partial charge on any atom is 0.354 e. The first kappa shape index (κ1) is 28.5. The summed E-state index contributed by atoms with van der Waals surface area (Å²) in [6, 6.07) is 16.6. The summed E-state index contributed by atoms with van der Waals surface area (Å²) in [4.78, 5) is 40.4. The number of carboxylic acids is 1. The Bertz CT molecular complexity index is 1390. The number of nitrogens with zero attached hydrogens (tertiary/aromatic N) is 1. The van der Waals surface area contributed by atoms with Crippen LogP contribution in [0, 0.1) is 0 Å². The van der Waals surface area contributed by atoms with Crippen molar-refractivity contribution in [3.8, 4) is 0 Å². The molecule has 1 aromatic heterocycles. The molecule has 1 heterocycles. The number of unbranched alkanes of at least 4 members (excludes halogenated alkanes) is 2.